The number of hydrogen-bond donors (Lipinski definition) is 2. The molecule has 0 aliphatic rings. The second-order valence-electron chi connectivity index (χ2n) is 5.26. The highest BCUT2D eigenvalue weighted by molar-refractivity contribution is 5.97. The Morgan fingerprint density at radius 2 is 1.88 bits per heavy atom. The number of nitrogens with one attached hydrogen (secondary N) is 2. The van der Waals surface area contributed by atoms with Gasteiger partial charge >= 0.3 is 5.91 Å². The van der Waals surface area contributed by atoms with Crippen LogP contribution < -0.4 is 15.6 Å². The first-order chi connectivity index (χ1) is 11.6. The zero-order valence-electron chi connectivity index (χ0n) is 13.0. The van der Waals surface area contributed by atoms with Gasteiger partial charge in [-0.25, -0.2) is 0 Å². The quantitative estimate of drug-likeness (QED) is 0.723. The van der Waals surface area contributed by atoms with Crippen LogP contribution in [-0.2, 0) is 4.79 Å². The minimum atomic E-state index is -0.532. The molecule has 0 radical (unpaired) electrons. The molecule has 2 aromatic carbocycles. The van der Waals surface area contributed by atoms with E-state index in [1.807, 2.05) is 43.3 Å². The van der Waals surface area contributed by atoms with E-state index < -0.39 is 11.8 Å². The van der Waals surface area contributed by atoms with Gasteiger partial charge in [0.2, 0.25) is 0 Å². The standard InChI is InChI=1S/C18H16N2O4/c1-12-5-4-7-14(9-12)23-11-17(21)19-20-18(22)16-10-13-6-2-3-8-15(13)24-16/h2-10H,11H2,1H3,(H,19,21)(H,20,22). The molecule has 24 heavy (non-hydrogen) atoms. The minimum Gasteiger partial charge on any atom is -0.484 e. The molecule has 2 N–H and O–H groups in total. The van der Waals surface area contributed by atoms with E-state index >= 15 is 0 Å². The van der Waals surface area contributed by atoms with Crippen LogP contribution in [0.15, 0.2) is 59.0 Å². The summed E-state index contributed by atoms with van der Waals surface area (Å²) in [5.41, 5.74) is 6.22. The number of hydrazine groups is 1. The van der Waals surface area contributed by atoms with Crippen LogP contribution in [0.5, 0.6) is 5.75 Å². The van der Waals surface area contributed by atoms with Crippen molar-refractivity contribution in [2.24, 2.45) is 0 Å². The molecule has 0 saturated heterocycles. The predicted octanol–water partition coefficient (Wildman–Crippen LogP) is 2.58. The number of rotatable bonds is 4. The molecule has 1 aromatic heterocycles. The van der Waals surface area contributed by atoms with Crippen molar-refractivity contribution in [2.75, 3.05) is 6.61 Å². The van der Waals surface area contributed by atoms with Gasteiger partial charge in [0.25, 0.3) is 5.91 Å². The molecule has 122 valence electrons. The van der Waals surface area contributed by atoms with Gasteiger partial charge in [-0.15, -0.1) is 0 Å². The van der Waals surface area contributed by atoms with Crippen LogP contribution in [0.4, 0.5) is 0 Å². The number of carbonyl (C=O) groups excluding carboxylic acids is 2. The zero-order valence-corrected chi connectivity index (χ0v) is 13.0. The molecule has 3 rings (SSSR count). The SMILES string of the molecule is Cc1cccc(OCC(=O)NNC(=O)c2cc3ccccc3o2)c1. The van der Waals surface area contributed by atoms with E-state index in [4.69, 9.17) is 9.15 Å². The van der Waals surface area contributed by atoms with E-state index in [1.54, 1.807) is 18.2 Å². The number of amides is 2. The van der Waals surface area contributed by atoms with Gasteiger partial charge < -0.3 is 9.15 Å². The van der Waals surface area contributed by atoms with Crippen molar-refractivity contribution in [3.63, 3.8) is 0 Å². The molecular formula is C18H16N2O4. The van der Waals surface area contributed by atoms with Gasteiger partial charge in [0.1, 0.15) is 11.3 Å². The Labute approximate surface area is 138 Å². The average molecular weight is 324 g/mol. The molecule has 0 aliphatic carbocycles. The third-order valence-corrected chi connectivity index (χ3v) is 3.32. The molecule has 0 spiro atoms. The maximum absolute atomic E-state index is 12.0. The number of fused-ring (bicyclic) bond motifs is 1. The van der Waals surface area contributed by atoms with Crippen molar-refractivity contribution in [2.45, 2.75) is 6.92 Å². The first kappa shape index (κ1) is 15.6. The molecule has 0 atom stereocenters. The zero-order chi connectivity index (χ0) is 16.9. The average Bonchev–Trinajstić information content (AvgIpc) is 3.02. The van der Waals surface area contributed by atoms with Gasteiger partial charge in [-0.1, -0.05) is 30.3 Å². The lowest BCUT2D eigenvalue weighted by atomic mass is 10.2. The second-order valence-corrected chi connectivity index (χ2v) is 5.26. The summed E-state index contributed by atoms with van der Waals surface area (Å²) in [4.78, 5) is 23.7. The Hall–Kier alpha value is -3.28. The van der Waals surface area contributed by atoms with E-state index in [9.17, 15) is 9.59 Å². The number of para-hydroxylation sites is 1. The molecule has 6 heteroatoms. The number of aryl methyl sites for hydroxylation is 1. The summed E-state index contributed by atoms with van der Waals surface area (Å²) in [5, 5.41) is 0.816. The summed E-state index contributed by atoms with van der Waals surface area (Å²) < 4.78 is 10.8. The molecule has 0 bridgehead atoms. The fraction of sp³-hybridized carbons (Fsp3) is 0.111. The largest absolute Gasteiger partial charge is 0.484 e. The Morgan fingerprint density at radius 3 is 2.67 bits per heavy atom. The molecule has 2 amide bonds. The van der Waals surface area contributed by atoms with Crippen molar-refractivity contribution < 1.29 is 18.7 Å². The third kappa shape index (κ3) is 3.73. The highest BCUT2D eigenvalue weighted by atomic mass is 16.5. The summed E-state index contributed by atoms with van der Waals surface area (Å²) in [7, 11) is 0. The summed E-state index contributed by atoms with van der Waals surface area (Å²) in [6.45, 7) is 1.73. The van der Waals surface area contributed by atoms with Crippen molar-refractivity contribution in [1.29, 1.82) is 0 Å². The van der Waals surface area contributed by atoms with E-state index in [0.717, 1.165) is 10.9 Å². The lowest BCUT2D eigenvalue weighted by Gasteiger charge is -2.08. The molecule has 3 aromatic rings. The molecule has 6 nitrogen and oxygen atoms in total. The summed E-state index contributed by atoms with van der Waals surface area (Å²) in [5.74, 6) is -0.291. The van der Waals surface area contributed by atoms with Gasteiger partial charge in [0.05, 0.1) is 0 Å². The Bertz CT molecular complexity index is 852. The summed E-state index contributed by atoms with van der Waals surface area (Å²) in [6.07, 6.45) is 0. The number of furan rings is 1. The topological polar surface area (TPSA) is 80.6 Å². The lowest BCUT2D eigenvalue weighted by molar-refractivity contribution is -0.123. The fourth-order valence-electron chi connectivity index (χ4n) is 2.17. The molecule has 1 heterocycles. The van der Waals surface area contributed by atoms with Crippen molar-refractivity contribution >= 4 is 22.8 Å². The Kier molecular flexibility index (Phi) is 4.47. The number of ether oxygens (including phenoxy) is 1. The van der Waals surface area contributed by atoms with Gasteiger partial charge in [0, 0.05) is 5.39 Å². The van der Waals surface area contributed by atoms with E-state index in [-0.39, 0.29) is 12.4 Å². The Morgan fingerprint density at radius 1 is 1.04 bits per heavy atom. The van der Waals surface area contributed by atoms with E-state index in [0.29, 0.717) is 11.3 Å². The molecule has 0 saturated carbocycles. The van der Waals surface area contributed by atoms with Crippen LogP contribution >= 0.6 is 0 Å². The summed E-state index contributed by atoms with van der Waals surface area (Å²) >= 11 is 0. The smallest absolute Gasteiger partial charge is 0.305 e. The van der Waals surface area contributed by atoms with Crippen LogP contribution in [0.1, 0.15) is 16.1 Å². The van der Waals surface area contributed by atoms with Gasteiger partial charge in [-0.05, 0) is 36.8 Å². The van der Waals surface area contributed by atoms with Crippen LogP contribution in [0.3, 0.4) is 0 Å². The minimum absolute atomic E-state index is 0.121. The first-order valence-corrected chi connectivity index (χ1v) is 7.39. The lowest BCUT2D eigenvalue weighted by Crippen LogP contribution is -2.43. The van der Waals surface area contributed by atoms with Crippen molar-refractivity contribution in [1.82, 2.24) is 10.9 Å². The normalized spacial score (nSPS) is 10.4. The van der Waals surface area contributed by atoms with E-state index in [2.05, 4.69) is 10.9 Å². The fourth-order valence-corrected chi connectivity index (χ4v) is 2.17. The highest BCUT2D eigenvalue weighted by Crippen LogP contribution is 2.18. The molecule has 0 fully saturated rings. The maximum Gasteiger partial charge on any atom is 0.305 e. The second kappa shape index (κ2) is 6.87. The van der Waals surface area contributed by atoms with Crippen LogP contribution in [-0.4, -0.2) is 18.4 Å². The molecular weight excluding hydrogens is 308 g/mol. The van der Waals surface area contributed by atoms with Gasteiger partial charge in [-0.2, -0.15) is 0 Å². The predicted molar refractivity (Wildman–Crippen MR) is 88.5 cm³/mol. The number of carbonyl (C=O) groups is 2. The van der Waals surface area contributed by atoms with Crippen LogP contribution in [0.2, 0.25) is 0 Å². The number of benzene rings is 2. The first-order valence-electron chi connectivity index (χ1n) is 7.39. The number of hydrogen-bond acceptors (Lipinski definition) is 4. The molecule has 0 unspecified atom stereocenters. The third-order valence-electron chi connectivity index (χ3n) is 3.32. The molecule has 0 aliphatic heterocycles. The highest BCUT2D eigenvalue weighted by Gasteiger charge is 2.13. The summed E-state index contributed by atoms with van der Waals surface area (Å²) in [6, 6.07) is 16.2. The Balaban J connectivity index is 1.51. The van der Waals surface area contributed by atoms with Crippen LogP contribution in [0, 0.1) is 6.92 Å². The van der Waals surface area contributed by atoms with Crippen LogP contribution in [0.25, 0.3) is 11.0 Å². The van der Waals surface area contributed by atoms with Gasteiger partial charge in [0.15, 0.2) is 12.4 Å². The van der Waals surface area contributed by atoms with Crippen molar-refractivity contribution in [3.8, 4) is 5.75 Å². The van der Waals surface area contributed by atoms with Crippen molar-refractivity contribution in [3.05, 3.63) is 65.9 Å². The van der Waals surface area contributed by atoms with Gasteiger partial charge in [-0.3, -0.25) is 20.4 Å². The maximum atomic E-state index is 12.0. The van der Waals surface area contributed by atoms with E-state index in [1.165, 1.54) is 0 Å². The monoisotopic (exact) mass is 324 g/mol.